The fraction of sp³-hybridized carbons (Fsp3) is 0.226. The van der Waals surface area contributed by atoms with Crippen molar-refractivity contribution in [3.63, 3.8) is 0 Å². The quantitative estimate of drug-likeness (QED) is 0.255. The van der Waals surface area contributed by atoms with Crippen LogP contribution in [0.4, 0.5) is 0 Å². The van der Waals surface area contributed by atoms with Gasteiger partial charge in [0.25, 0.3) is 0 Å². The van der Waals surface area contributed by atoms with E-state index in [1.807, 2.05) is 91.0 Å². The van der Waals surface area contributed by atoms with Crippen LogP contribution in [0.5, 0.6) is 0 Å². The van der Waals surface area contributed by atoms with Gasteiger partial charge in [-0.1, -0.05) is 72.3 Å². The number of carbonyl (C=O) groups is 1. The average Bonchev–Trinajstić information content (AvgIpc) is 2.84. The van der Waals surface area contributed by atoms with E-state index in [9.17, 15) is 9.90 Å². The van der Waals surface area contributed by atoms with Crippen LogP contribution in [0, 0.1) is 0 Å². The van der Waals surface area contributed by atoms with Gasteiger partial charge in [0.05, 0.1) is 16.8 Å². The predicted molar refractivity (Wildman–Crippen MR) is 147 cm³/mol. The molecule has 0 amide bonds. The summed E-state index contributed by atoms with van der Waals surface area (Å²) in [6.45, 7) is 4.99. The first-order valence-electron chi connectivity index (χ1n) is 12.0. The van der Waals surface area contributed by atoms with Crippen molar-refractivity contribution in [1.82, 2.24) is 4.98 Å². The number of hydrogen-bond acceptors (Lipinski definition) is 4. The molecule has 0 saturated carbocycles. The Morgan fingerprint density at radius 2 is 1.81 bits per heavy atom. The second-order valence-electron chi connectivity index (χ2n) is 9.43. The van der Waals surface area contributed by atoms with E-state index < -0.39 is 11.7 Å². The first-order chi connectivity index (χ1) is 17.2. The first-order valence-corrected chi connectivity index (χ1v) is 12.4. The van der Waals surface area contributed by atoms with Gasteiger partial charge in [0, 0.05) is 17.3 Å². The lowest BCUT2D eigenvalue weighted by atomic mass is 9.90. The molecule has 4 aromatic rings. The average molecular weight is 500 g/mol. The van der Waals surface area contributed by atoms with Crippen molar-refractivity contribution in [3.8, 4) is 0 Å². The van der Waals surface area contributed by atoms with Crippen LogP contribution in [0.3, 0.4) is 0 Å². The molecular weight excluding hydrogens is 470 g/mol. The van der Waals surface area contributed by atoms with E-state index in [0.717, 1.165) is 38.9 Å². The number of aryl methyl sites for hydroxylation is 1. The maximum atomic E-state index is 11.9. The SMILES string of the molecule is CC(=O)O[C@@H](CCc1ccccc1C(C)(C)O)c1cccc(/C=C/c2ccc3ccc(Cl)cc3n2)c1. The number of nitrogens with zero attached hydrogens (tertiary/aromatic N) is 1. The molecule has 3 aromatic carbocycles. The highest BCUT2D eigenvalue weighted by Gasteiger charge is 2.21. The Bertz CT molecular complexity index is 1400. The van der Waals surface area contributed by atoms with E-state index in [2.05, 4.69) is 4.98 Å². The zero-order chi connectivity index (χ0) is 25.7. The van der Waals surface area contributed by atoms with E-state index >= 15 is 0 Å². The largest absolute Gasteiger partial charge is 0.458 e. The van der Waals surface area contributed by atoms with Gasteiger partial charge in [-0.25, -0.2) is 4.98 Å². The molecule has 0 aliphatic rings. The second kappa shape index (κ2) is 11.1. The maximum absolute atomic E-state index is 11.9. The van der Waals surface area contributed by atoms with Crippen LogP contribution in [0.15, 0.2) is 78.9 Å². The molecule has 0 fully saturated rings. The molecule has 0 saturated heterocycles. The van der Waals surface area contributed by atoms with Gasteiger partial charge in [0.1, 0.15) is 6.10 Å². The highest BCUT2D eigenvalue weighted by molar-refractivity contribution is 6.31. The summed E-state index contributed by atoms with van der Waals surface area (Å²) >= 11 is 6.12. The summed E-state index contributed by atoms with van der Waals surface area (Å²) in [7, 11) is 0. The highest BCUT2D eigenvalue weighted by Crippen LogP contribution is 2.29. The number of fused-ring (bicyclic) bond motifs is 1. The topological polar surface area (TPSA) is 59.4 Å². The number of aliphatic hydroxyl groups is 1. The standard InChI is InChI=1S/C31H30ClNO3/c1-21(34)36-30(18-14-23-8-4-5-10-28(23)31(2,3)35)25-9-6-7-22(19-25)11-16-27-17-13-24-12-15-26(32)20-29(24)33-27/h4-13,15-17,19-20,30,35H,14,18H2,1-3H3/b16-11+/t30-/m0/s1. The number of halogens is 1. The summed E-state index contributed by atoms with van der Waals surface area (Å²) in [4.78, 5) is 16.6. The molecule has 184 valence electrons. The number of hydrogen-bond donors (Lipinski definition) is 1. The minimum Gasteiger partial charge on any atom is -0.458 e. The Hall–Kier alpha value is -3.47. The zero-order valence-electron chi connectivity index (χ0n) is 20.7. The second-order valence-corrected chi connectivity index (χ2v) is 9.87. The van der Waals surface area contributed by atoms with Gasteiger partial charge in [0.15, 0.2) is 0 Å². The molecule has 1 N–H and O–H groups in total. The van der Waals surface area contributed by atoms with Crippen molar-refractivity contribution < 1.29 is 14.6 Å². The molecule has 0 unspecified atom stereocenters. The first kappa shape index (κ1) is 25.6. The highest BCUT2D eigenvalue weighted by atomic mass is 35.5. The number of benzene rings is 3. The monoisotopic (exact) mass is 499 g/mol. The van der Waals surface area contributed by atoms with E-state index in [1.54, 1.807) is 13.8 Å². The Kier molecular flexibility index (Phi) is 7.88. The summed E-state index contributed by atoms with van der Waals surface area (Å²) in [5.41, 5.74) is 4.56. The van der Waals surface area contributed by atoms with Gasteiger partial charge >= 0.3 is 5.97 Å². The molecule has 4 nitrogen and oxygen atoms in total. The van der Waals surface area contributed by atoms with Gasteiger partial charge in [-0.15, -0.1) is 0 Å². The molecule has 0 bridgehead atoms. The maximum Gasteiger partial charge on any atom is 0.303 e. The van der Waals surface area contributed by atoms with Crippen molar-refractivity contribution >= 4 is 40.6 Å². The van der Waals surface area contributed by atoms with Crippen LogP contribution in [0.25, 0.3) is 23.1 Å². The normalized spacial score (nSPS) is 12.7. The van der Waals surface area contributed by atoms with Crippen LogP contribution < -0.4 is 0 Å². The summed E-state index contributed by atoms with van der Waals surface area (Å²) in [6.07, 6.45) is 4.83. The third-order valence-corrected chi connectivity index (χ3v) is 6.30. The minimum absolute atomic E-state index is 0.323. The molecule has 0 aliphatic carbocycles. The summed E-state index contributed by atoms with van der Waals surface area (Å²) in [5.74, 6) is -0.323. The van der Waals surface area contributed by atoms with E-state index in [0.29, 0.717) is 17.9 Å². The summed E-state index contributed by atoms with van der Waals surface area (Å²) in [5, 5.41) is 12.2. The Morgan fingerprint density at radius 1 is 1.03 bits per heavy atom. The fourth-order valence-electron chi connectivity index (χ4n) is 4.36. The van der Waals surface area contributed by atoms with Crippen molar-refractivity contribution in [2.24, 2.45) is 0 Å². The van der Waals surface area contributed by atoms with Gasteiger partial charge in [-0.05, 0) is 79.3 Å². The molecule has 1 atom stereocenters. The third-order valence-electron chi connectivity index (χ3n) is 6.07. The smallest absolute Gasteiger partial charge is 0.303 e. The Balaban J connectivity index is 1.55. The number of rotatable bonds is 8. The fourth-order valence-corrected chi connectivity index (χ4v) is 4.53. The molecule has 4 rings (SSSR count). The Morgan fingerprint density at radius 3 is 2.58 bits per heavy atom. The lowest BCUT2D eigenvalue weighted by Crippen LogP contribution is -2.18. The number of carbonyl (C=O) groups excluding carboxylic acids is 1. The Labute approximate surface area is 217 Å². The van der Waals surface area contributed by atoms with Crippen LogP contribution in [-0.4, -0.2) is 16.1 Å². The molecule has 0 spiro atoms. The number of aromatic nitrogens is 1. The van der Waals surface area contributed by atoms with Crippen LogP contribution in [-0.2, 0) is 21.6 Å². The summed E-state index contributed by atoms with van der Waals surface area (Å²) in [6, 6.07) is 25.5. The van der Waals surface area contributed by atoms with Gasteiger partial charge in [0.2, 0.25) is 0 Å². The van der Waals surface area contributed by atoms with E-state index in [-0.39, 0.29) is 5.97 Å². The molecule has 0 radical (unpaired) electrons. The minimum atomic E-state index is -0.944. The van der Waals surface area contributed by atoms with Crippen LogP contribution >= 0.6 is 11.6 Å². The molecule has 1 heterocycles. The molecule has 0 aliphatic heterocycles. The molecular formula is C31H30ClNO3. The zero-order valence-corrected chi connectivity index (χ0v) is 21.5. The van der Waals surface area contributed by atoms with Crippen molar-refractivity contribution in [1.29, 1.82) is 0 Å². The van der Waals surface area contributed by atoms with Crippen molar-refractivity contribution in [3.05, 3.63) is 112 Å². The van der Waals surface area contributed by atoms with Gasteiger partial charge < -0.3 is 9.84 Å². The predicted octanol–water partition coefficient (Wildman–Crippen LogP) is 7.52. The number of esters is 1. The van der Waals surface area contributed by atoms with E-state index in [4.69, 9.17) is 16.3 Å². The van der Waals surface area contributed by atoms with Crippen LogP contribution in [0.2, 0.25) is 5.02 Å². The number of ether oxygens (including phenoxy) is 1. The van der Waals surface area contributed by atoms with Gasteiger partial charge in [-0.3, -0.25) is 4.79 Å². The molecule has 1 aromatic heterocycles. The van der Waals surface area contributed by atoms with Crippen LogP contribution in [0.1, 0.15) is 61.2 Å². The number of pyridine rings is 1. The lowest BCUT2D eigenvalue weighted by molar-refractivity contribution is -0.147. The van der Waals surface area contributed by atoms with Crippen molar-refractivity contribution in [2.45, 2.75) is 45.3 Å². The summed E-state index contributed by atoms with van der Waals surface area (Å²) < 4.78 is 5.71. The molecule has 5 heteroatoms. The van der Waals surface area contributed by atoms with Gasteiger partial charge in [-0.2, -0.15) is 0 Å². The van der Waals surface area contributed by atoms with E-state index in [1.165, 1.54) is 6.92 Å². The molecule has 36 heavy (non-hydrogen) atoms. The van der Waals surface area contributed by atoms with Crippen molar-refractivity contribution in [2.75, 3.05) is 0 Å². The lowest BCUT2D eigenvalue weighted by Gasteiger charge is -2.23. The third kappa shape index (κ3) is 6.60.